The molecule has 2 aliphatic rings. The average molecular weight is 383 g/mol. The van der Waals surface area contributed by atoms with Crippen LogP contribution in [0, 0.1) is 12.8 Å². The van der Waals surface area contributed by atoms with E-state index < -0.39 is 0 Å². The number of aromatic nitrogens is 5. The summed E-state index contributed by atoms with van der Waals surface area (Å²) in [6.07, 6.45) is 3.85. The van der Waals surface area contributed by atoms with Gasteiger partial charge in [-0.3, -0.25) is 15.1 Å². The van der Waals surface area contributed by atoms with Crippen molar-refractivity contribution in [2.24, 2.45) is 5.92 Å². The molecule has 2 saturated heterocycles. The Bertz CT molecular complexity index is 1210. The van der Waals surface area contributed by atoms with Crippen LogP contribution in [0.2, 0.25) is 0 Å². The van der Waals surface area contributed by atoms with Crippen LogP contribution in [0.25, 0.3) is 33.7 Å². The van der Waals surface area contributed by atoms with Crippen LogP contribution in [0.1, 0.15) is 5.69 Å². The van der Waals surface area contributed by atoms with Gasteiger partial charge in [0.1, 0.15) is 5.69 Å². The molecule has 0 radical (unpaired) electrons. The highest BCUT2D eigenvalue weighted by atomic mass is 15.3. The molecule has 7 nitrogen and oxygen atoms in total. The number of hydrogen-bond acceptors (Lipinski definition) is 6. The topological polar surface area (TPSA) is 82.6 Å². The highest BCUT2D eigenvalue weighted by Gasteiger charge is 2.42. The van der Waals surface area contributed by atoms with Crippen LogP contribution >= 0.6 is 0 Å². The van der Waals surface area contributed by atoms with E-state index in [-0.39, 0.29) is 0 Å². The molecular weight excluding hydrogens is 362 g/mol. The van der Waals surface area contributed by atoms with Crippen LogP contribution in [0.4, 0.5) is 5.69 Å². The molecule has 2 atom stereocenters. The fraction of sp³-hybridized carbons (Fsp3) is 0.273. The van der Waals surface area contributed by atoms with E-state index in [1.807, 2.05) is 49.6 Å². The molecule has 0 amide bonds. The zero-order chi connectivity index (χ0) is 19.4. The van der Waals surface area contributed by atoms with Crippen molar-refractivity contribution in [3.05, 3.63) is 54.5 Å². The number of pyridine rings is 3. The molecule has 4 aromatic rings. The lowest BCUT2D eigenvalue weighted by atomic mass is 9.91. The summed E-state index contributed by atoms with van der Waals surface area (Å²) in [6, 6.07) is 12.7. The van der Waals surface area contributed by atoms with Gasteiger partial charge in [-0.15, -0.1) is 0 Å². The quantitative estimate of drug-likeness (QED) is 0.566. The van der Waals surface area contributed by atoms with E-state index in [2.05, 4.69) is 36.4 Å². The second kappa shape index (κ2) is 6.35. The minimum absolute atomic E-state index is 0.588. The Balaban J connectivity index is 1.39. The van der Waals surface area contributed by atoms with Gasteiger partial charge in [-0.1, -0.05) is 6.07 Å². The summed E-state index contributed by atoms with van der Waals surface area (Å²) in [5.41, 5.74) is 7.39. The predicted octanol–water partition coefficient (Wildman–Crippen LogP) is 2.80. The number of anilines is 1. The predicted molar refractivity (Wildman–Crippen MR) is 113 cm³/mol. The monoisotopic (exact) mass is 383 g/mol. The van der Waals surface area contributed by atoms with E-state index in [4.69, 9.17) is 4.98 Å². The van der Waals surface area contributed by atoms with E-state index >= 15 is 0 Å². The van der Waals surface area contributed by atoms with E-state index in [1.54, 1.807) is 0 Å². The van der Waals surface area contributed by atoms with Gasteiger partial charge in [0.2, 0.25) is 0 Å². The fourth-order valence-corrected chi connectivity index (χ4v) is 4.48. The maximum atomic E-state index is 4.92. The second-order valence-corrected chi connectivity index (χ2v) is 7.88. The third-order valence-corrected chi connectivity index (χ3v) is 6.04. The molecule has 7 heteroatoms. The number of nitrogens with zero attached hydrogens (tertiary/aromatic N) is 5. The van der Waals surface area contributed by atoms with Gasteiger partial charge in [0, 0.05) is 49.0 Å². The van der Waals surface area contributed by atoms with Crippen LogP contribution in [0.3, 0.4) is 0 Å². The summed E-state index contributed by atoms with van der Waals surface area (Å²) in [5.74, 6) is 0.764. The fourth-order valence-electron chi connectivity index (χ4n) is 4.48. The van der Waals surface area contributed by atoms with Gasteiger partial charge in [0.05, 0.1) is 34.3 Å². The summed E-state index contributed by atoms with van der Waals surface area (Å²) < 4.78 is 0. The summed E-state index contributed by atoms with van der Waals surface area (Å²) >= 11 is 0. The third-order valence-electron chi connectivity index (χ3n) is 6.04. The number of rotatable bonds is 3. The van der Waals surface area contributed by atoms with Crippen molar-refractivity contribution >= 4 is 16.7 Å². The molecule has 0 aromatic carbocycles. The SMILES string of the molecule is Cc1cccc(-c2n[nH]cc2-c2ccc3ncc(N4CC5CNCC54)cc3n2)n1. The smallest absolute Gasteiger partial charge is 0.120 e. The van der Waals surface area contributed by atoms with Crippen molar-refractivity contribution in [2.75, 3.05) is 24.5 Å². The van der Waals surface area contributed by atoms with Crippen LogP contribution in [0.15, 0.2) is 48.8 Å². The van der Waals surface area contributed by atoms with Gasteiger partial charge in [-0.25, -0.2) is 4.98 Å². The molecule has 6 heterocycles. The number of aromatic amines is 1. The molecule has 0 saturated carbocycles. The Morgan fingerprint density at radius 2 is 2.00 bits per heavy atom. The van der Waals surface area contributed by atoms with Gasteiger partial charge in [-0.2, -0.15) is 5.10 Å². The first-order valence-electron chi connectivity index (χ1n) is 9.98. The lowest BCUT2D eigenvalue weighted by Gasteiger charge is -2.45. The molecule has 0 spiro atoms. The van der Waals surface area contributed by atoms with Crippen LogP contribution < -0.4 is 10.2 Å². The lowest BCUT2D eigenvalue weighted by molar-refractivity contribution is 0.365. The minimum atomic E-state index is 0.588. The van der Waals surface area contributed by atoms with Crippen molar-refractivity contribution in [1.29, 1.82) is 0 Å². The second-order valence-electron chi connectivity index (χ2n) is 7.88. The number of H-pyrrole nitrogens is 1. The Kier molecular flexibility index (Phi) is 3.64. The number of fused-ring (bicyclic) bond motifs is 2. The highest BCUT2D eigenvalue weighted by Crippen LogP contribution is 2.34. The van der Waals surface area contributed by atoms with Gasteiger partial charge in [0.15, 0.2) is 0 Å². The maximum absolute atomic E-state index is 4.92. The van der Waals surface area contributed by atoms with Crippen molar-refractivity contribution in [2.45, 2.75) is 13.0 Å². The first kappa shape index (κ1) is 16.6. The molecule has 4 aromatic heterocycles. The van der Waals surface area contributed by atoms with Crippen molar-refractivity contribution in [3.8, 4) is 22.6 Å². The molecular formula is C22H21N7. The van der Waals surface area contributed by atoms with E-state index in [1.165, 1.54) is 0 Å². The molecule has 0 bridgehead atoms. The molecule has 2 aliphatic heterocycles. The summed E-state index contributed by atoms with van der Waals surface area (Å²) in [4.78, 5) is 16.6. The van der Waals surface area contributed by atoms with Gasteiger partial charge >= 0.3 is 0 Å². The summed E-state index contributed by atoms with van der Waals surface area (Å²) in [7, 11) is 0. The normalized spacial score (nSPS) is 20.7. The molecule has 0 aliphatic carbocycles. The zero-order valence-corrected chi connectivity index (χ0v) is 16.1. The molecule has 2 fully saturated rings. The van der Waals surface area contributed by atoms with Crippen molar-refractivity contribution in [1.82, 2.24) is 30.5 Å². The molecule has 144 valence electrons. The molecule has 6 rings (SSSR count). The van der Waals surface area contributed by atoms with Gasteiger partial charge in [-0.05, 0) is 37.3 Å². The van der Waals surface area contributed by atoms with Crippen LogP contribution in [0.5, 0.6) is 0 Å². The summed E-state index contributed by atoms with van der Waals surface area (Å²) in [6.45, 7) is 5.26. The first-order valence-corrected chi connectivity index (χ1v) is 9.98. The van der Waals surface area contributed by atoms with Gasteiger partial charge in [0.25, 0.3) is 0 Å². The third kappa shape index (κ3) is 2.69. The zero-order valence-electron chi connectivity index (χ0n) is 16.1. The number of aryl methyl sites for hydroxylation is 1. The lowest BCUT2D eigenvalue weighted by Crippen LogP contribution is -2.55. The summed E-state index contributed by atoms with van der Waals surface area (Å²) in [5, 5.41) is 10.9. The van der Waals surface area contributed by atoms with Crippen molar-refractivity contribution in [3.63, 3.8) is 0 Å². The Labute approximate surface area is 168 Å². The van der Waals surface area contributed by atoms with E-state index in [9.17, 15) is 0 Å². The molecule has 2 unspecified atom stereocenters. The van der Waals surface area contributed by atoms with E-state index in [0.29, 0.717) is 6.04 Å². The van der Waals surface area contributed by atoms with E-state index in [0.717, 1.165) is 70.6 Å². The molecule has 2 N–H and O–H groups in total. The Morgan fingerprint density at radius 1 is 1.03 bits per heavy atom. The molecule has 29 heavy (non-hydrogen) atoms. The Hall–Kier alpha value is -3.32. The van der Waals surface area contributed by atoms with Crippen LogP contribution in [-0.4, -0.2) is 50.8 Å². The van der Waals surface area contributed by atoms with Crippen molar-refractivity contribution < 1.29 is 0 Å². The van der Waals surface area contributed by atoms with Gasteiger partial charge < -0.3 is 10.2 Å². The first-order chi connectivity index (χ1) is 14.3. The minimum Gasteiger partial charge on any atom is -0.365 e. The number of nitrogens with one attached hydrogen (secondary N) is 2. The maximum Gasteiger partial charge on any atom is 0.120 e. The number of hydrogen-bond donors (Lipinski definition) is 2. The average Bonchev–Trinajstić information content (AvgIpc) is 3.35. The van der Waals surface area contributed by atoms with Crippen LogP contribution in [-0.2, 0) is 0 Å². The standard InChI is InChI=1S/C22H21N7/c1-13-3-2-4-19(26-13)22-16(10-25-28-22)17-5-6-18-20(27-17)7-15(9-24-18)29-12-14-8-23-11-21(14)29/h2-7,9-10,14,21,23H,8,11-12H2,1H3,(H,25,28). The Morgan fingerprint density at radius 3 is 2.90 bits per heavy atom. The highest BCUT2D eigenvalue weighted by molar-refractivity contribution is 5.84. The largest absolute Gasteiger partial charge is 0.365 e.